The van der Waals surface area contributed by atoms with E-state index >= 15 is 0 Å². The van der Waals surface area contributed by atoms with Crippen molar-refractivity contribution in [3.05, 3.63) is 95.8 Å². The predicted octanol–water partition coefficient (Wildman–Crippen LogP) is 3.78. The number of nitrogens with one attached hydrogen (secondary N) is 3. The zero-order valence-electron chi connectivity index (χ0n) is 22.7. The lowest BCUT2D eigenvalue weighted by molar-refractivity contribution is -0.109. The molecule has 0 bridgehead atoms. The Kier molecular flexibility index (Phi) is 13.2. The molecule has 3 aromatic heterocycles. The van der Waals surface area contributed by atoms with E-state index < -0.39 is 0 Å². The summed E-state index contributed by atoms with van der Waals surface area (Å²) < 4.78 is 18.2. The van der Waals surface area contributed by atoms with E-state index in [1.54, 1.807) is 18.3 Å². The number of tetrazole rings is 1. The third-order valence-electron chi connectivity index (χ3n) is 5.07. The number of benzene rings is 2. The topological polar surface area (TPSA) is 191 Å². The quantitative estimate of drug-likeness (QED) is 0.112. The molecule has 41 heavy (non-hydrogen) atoms. The molecule has 0 aliphatic heterocycles. The second-order valence-corrected chi connectivity index (χ2v) is 8.31. The number of hydrogen-bond acceptors (Lipinski definition) is 9. The van der Waals surface area contributed by atoms with Crippen LogP contribution < -0.4 is 21.5 Å². The number of nitrogens with two attached hydrogens (primary N) is 2. The standard InChI is InChI=1S/C16H15N3O.C7H8FN.C4H7N5O.CH2O/c1-11-8-15(19-10-11)16-9-14(6-7-18-16)20-13-4-2-12(17)3-5-13;1-5-2-3-6(8)7(9)4-5;10-3-5-2-1-4-6-8-9-7-4;1-2/h2-10,19H,17H2,1H3;2-4H,9H2,1H3;3H,1-2H2,(H,5,10)(H,6,7,8,9);1H2. The molecule has 1 amide bonds. The summed E-state index contributed by atoms with van der Waals surface area (Å²) in [5.41, 5.74) is 15.8. The maximum Gasteiger partial charge on any atom is 0.207 e. The Hall–Kier alpha value is -5.59. The van der Waals surface area contributed by atoms with E-state index in [0.717, 1.165) is 34.1 Å². The number of nitrogens with zero attached hydrogens (tertiary/aromatic N) is 4. The van der Waals surface area contributed by atoms with Crippen LogP contribution in [0.3, 0.4) is 0 Å². The number of hydrogen-bond donors (Lipinski definition) is 5. The summed E-state index contributed by atoms with van der Waals surface area (Å²) in [6.45, 7) is 6.45. The van der Waals surface area contributed by atoms with Crippen molar-refractivity contribution < 1.29 is 18.7 Å². The minimum absolute atomic E-state index is 0.218. The third kappa shape index (κ3) is 11.4. The van der Waals surface area contributed by atoms with Crippen molar-refractivity contribution >= 4 is 24.6 Å². The van der Waals surface area contributed by atoms with E-state index in [1.807, 2.05) is 63.2 Å². The third-order valence-corrected chi connectivity index (χ3v) is 5.07. The molecular weight excluding hydrogens is 529 g/mol. The highest BCUT2D eigenvalue weighted by molar-refractivity contribution is 5.57. The summed E-state index contributed by atoms with van der Waals surface area (Å²) in [5, 5.41) is 15.5. The fraction of sp³-hybridized carbons (Fsp3) is 0.143. The Morgan fingerprint density at radius 2 is 1.76 bits per heavy atom. The van der Waals surface area contributed by atoms with Gasteiger partial charge in [-0.3, -0.25) is 9.78 Å². The van der Waals surface area contributed by atoms with Gasteiger partial charge in [-0.05, 0) is 73.5 Å². The van der Waals surface area contributed by atoms with Crippen molar-refractivity contribution in [2.45, 2.75) is 20.3 Å². The molecule has 2 aromatic carbocycles. The van der Waals surface area contributed by atoms with E-state index in [-0.39, 0.29) is 11.5 Å². The maximum absolute atomic E-state index is 12.4. The van der Waals surface area contributed by atoms with Gasteiger partial charge in [0.1, 0.15) is 24.1 Å². The van der Waals surface area contributed by atoms with E-state index in [4.69, 9.17) is 21.0 Å². The SMILES string of the molecule is C=O.Cc1c[nH]c(-c2cc(Oc3ccc(N)cc3)ccn2)c1.Cc1ccc(F)c(N)c1.O=CNCCc1nn[nH]n1. The minimum atomic E-state index is -0.347. The van der Waals surface area contributed by atoms with Gasteiger partial charge in [0.2, 0.25) is 6.41 Å². The first-order chi connectivity index (χ1) is 19.8. The van der Waals surface area contributed by atoms with Crippen LogP contribution in [0.2, 0.25) is 0 Å². The van der Waals surface area contributed by atoms with Gasteiger partial charge < -0.3 is 31.3 Å². The zero-order valence-corrected chi connectivity index (χ0v) is 22.7. The number of anilines is 2. The highest BCUT2D eigenvalue weighted by Crippen LogP contribution is 2.26. The van der Waals surface area contributed by atoms with Gasteiger partial charge in [0.05, 0.1) is 17.1 Å². The summed E-state index contributed by atoms with van der Waals surface area (Å²) in [4.78, 5) is 25.3. The Labute approximate surface area is 236 Å². The minimum Gasteiger partial charge on any atom is -0.457 e. The highest BCUT2D eigenvalue weighted by Gasteiger charge is 2.04. The summed E-state index contributed by atoms with van der Waals surface area (Å²) >= 11 is 0. The van der Waals surface area contributed by atoms with Gasteiger partial charge in [-0.1, -0.05) is 11.3 Å². The lowest BCUT2D eigenvalue weighted by Crippen LogP contribution is -2.14. The fourth-order valence-corrected chi connectivity index (χ4v) is 3.14. The lowest BCUT2D eigenvalue weighted by atomic mass is 10.2. The van der Waals surface area contributed by atoms with Crippen molar-refractivity contribution in [2.75, 3.05) is 18.0 Å². The largest absolute Gasteiger partial charge is 0.457 e. The molecule has 214 valence electrons. The van der Waals surface area contributed by atoms with Crippen LogP contribution in [0.1, 0.15) is 17.0 Å². The number of pyridine rings is 1. The molecule has 0 saturated heterocycles. The molecule has 0 saturated carbocycles. The van der Waals surface area contributed by atoms with E-state index in [0.29, 0.717) is 25.2 Å². The molecule has 0 aliphatic carbocycles. The monoisotopic (exact) mass is 561 g/mol. The number of amides is 1. The van der Waals surface area contributed by atoms with Crippen LogP contribution in [-0.2, 0) is 16.0 Å². The van der Waals surface area contributed by atoms with Crippen LogP contribution in [-0.4, -0.2) is 50.3 Å². The Morgan fingerprint density at radius 3 is 2.34 bits per heavy atom. The number of carbonyl (C=O) groups is 2. The molecule has 13 heteroatoms. The molecule has 5 aromatic rings. The van der Waals surface area contributed by atoms with Gasteiger partial charge in [-0.25, -0.2) is 4.39 Å². The first kappa shape index (κ1) is 31.6. The second kappa shape index (κ2) is 17.1. The number of aromatic nitrogens is 6. The first-order valence-electron chi connectivity index (χ1n) is 12.2. The Balaban J connectivity index is 0.000000235. The zero-order chi connectivity index (χ0) is 30.0. The molecule has 5 rings (SSSR count). The van der Waals surface area contributed by atoms with Gasteiger partial charge >= 0.3 is 0 Å². The van der Waals surface area contributed by atoms with Gasteiger partial charge in [0.15, 0.2) is 5.82 Å². The number of aryl methyl sites for hydroxylation is 2. The molecular formula is C28H32FN9O3. The molecule has 0 radical (unpaired) electrons. The number of aromatic amines is 2. The summed E-state index contributed by atoms with van der Waals surface area (Å²) in [5.74, 6) is 1.75. The smallest absolute Gasteiger partial charge is 0.207 e. The molecule has 0 unspecified atom stereocenters. The molecule has 0 aliphatic rings. The van der Waals surface area contributed by atoms with Crippen LogP contribution in [0.15, 0.2) is 73.1 Å². The first-order valence-corrected chi connectivity index (χ1v) is 12.2. The number of ether oxygens (including phenoxy) is 1. The normalized spacial score (nSPS) is 9.54. The van der Waals surface area contributed by atoms with Crippen LogP contribution in [0.4, 0.5) is 15.8 Å². The van der Waals surface area contributed by atoms with Crippen molar-refractivity contribution in [1.29, 1.82) is 0 Å². The number of halogens is 1. The summed E-state index contributed by atoms with van der Waals surface area (Å²) in [6.07, 6.45) is 4.93. The van der Waals surface area contributed by atoms with Crippen LogP contribution >= 0.6 is 0 Å². The van der Waals surface area contributed by atoms with Crippen molar-refractivity contribution in [2.24, 2.45) is 0 Å². The summed E-state index contributed by atoms with van der Waals surface area (Å²) in [7, 11) is 0. The number of carbonyl (C=O) groups excluding carboxylic acids is 2. The van der Waals surface area contributed by atoms with E-state index in [2.05, 4.69) is 42.0 Å². The number of H-pyrrole nitrogens is 2. The van der Waals surface area contributed by atoms with Crippen molar-refractivity contribution in [3.63, 3.8) is 0 Å². The van der Waals surface area contributed by atoms with Crippen molar-refractivity contribution in [3.8, 4) is 22.9 Å². The van der Waals surface area contributed by atoms with Crippen molar-refractivity contribution in [1.82, 2.24) is 35.9 Å². The number of nitrogen functional groups attached to an aromatic ring is 2. The van der Waals surface area contributed by atoms with Gasteiger partial charge in [-0.2, -0.15) is 5.21 Å². The Bertz CT molecular complexity index is 1460. The average Bonchev–Trinajstić information content (AvgIpc) is 3.66. The van der Waals surface area contributed by atoms with E-state index in [9.17, 15) is 9.18 Å². The van der Waals surface area contributed by atoms with Crippen LogP contribution in [0.5, 0.6) is 11.5 Å². The second-order valence-electron chi connectivity index (χ2n) is 8.31. The molecule has 7 N–H and O–H groups in total. The predicted molar refractivity (Wildman–Crippen MR) is 154 cm³/mol. The molecule has 3 heterocycles. The molecule has 0 fully saturated rings. The highest BCUT2D eigenvalue weighted by atomic mass is 19.1. The van der Waals surface area contributed by atoms with Crippen LogP contribution in [0, 0.1) is 19.7 Å². The molecule has 0 atom stereocenters. The van der Waals surface area contributed by atoms with Gasteiger partial charge in [-0.15, -0.1) is 10.2 Å². The number of rotatable bonds is 7. The maximum atomic E-state index is 12.4. The molecule has 0 spiro atoms. The average molecular weight is 562 g/mol. The fourth-order valence-electron chi connectivity index (χ4n) is 3.14. The van der Waals surface area contributed by atoms with Crippen LogP contribution in [0.25, 0.3) is 11.4 Å². The lowest BCUT2D eigenvalue weighted by Gasteiger charge is -2.07. The van der Waals surface area contributed by atoms with E-state index in [1.165, 1.54) is 11.6 Å². The Morgan fingerprint density at radius 1 is 1.00 bits per heavy atom. The van der Waals surface area contributed by atoms with Gasteiger partial charge in [0.25, 0.3) is 0 Å². The molecule has 12 nitrogen and oxygen atoms in total. The summed E-state index contributed by atoms with van der Waals surface area (Å²) in [6, 6.07) is 17.7. The van der Waals surface area contributed by atoms with Gasteiger partial charge in [0, 0.05) is 37.1 Å².